The van der Waals surface area contributed by atoms with Gasteiger partial charge in [-0.3, -0.25) is 19.3 Å². The smallest absolute Gasteiger partial charge is 0.324 e. The van der Waals surface area contributed by atoms with Gasteiger partial charge in [0.15, 0.2) is 0 Å². The molecule has 4 N–H and O–H groups in total. The highest BCUT2D eigenvalue weighted by atomic mass is 16.2. The van der Waals surface area contributed by atoms with Crippen molar-refractivity contribution in [2.24, 2.45) is 5.73 Å². The molecule has 1 saturated heterocycles. The molecule has 2 unspecified atom stereocenters. The minimum Gasteiger partial charge on any atom is -0.341 e. The van der Waals surface area contributed by atoms with E-state index >= 15 is 0 Å². The van der Waals surface area contributed by atoms with Crippen molar-refractivity contribution in [1.29, 1.82) is 0 Å². The Morgan fingerprint density at radius 2 is 1.86 bits per heavy atom. The molecule has 0 saturated carbocycles. The van der Waals surface area contributed by atoms with Crippen molar-refractivity contribution in [1.82, 2.24) is 20.4 Å². The maximum absolute atomic E-state index is 12.2. The van der Waals surface area contributed by atoms with Gasteiger partial charge >= 0.3 is 17.8 Å². The zero-order valence-electron chi connectivity index (χ0n) is 15.5. The predicted octanol–water partition coefficient (Wildman–Crippen LogP) is -1.23. The third-order valence-electron chi connectivity index (χ3n) is 4.34. The van der Waals surface area contributed by atoms with Crippen LogP contribution in [0.5, 0.6) is 0 Å². The van der Waals surface area contributed by atoms with E-state index in [1.165, 1.54) is 4.90 Å². The maximum Gasteiger partial charge on any atom is 0.324 e. The molecule has 28 heavy (non-hydrogen) atoms. The molecule has 1 heterocycles. The van der Waals surface area contributed by atoms with E-state index < -0.39 is 35.8 Å². The van der Waals surface area contributed by atoms with Crippen LogP contribution >= 0.6 is 0 Å². The van der Waals surface area contributed by atoms with E-state index in [2.05, 4.69) is 10.6 Å². The van der Waals surface area contributed by atoms with Crippen molar-refractivity contribution in [2.75, 3.05) is 26.2 Å². The number of hydrogen-bond acceptors (Lipinski definition) is 6. The van der Waals surface area contributed by atoms with E-state index in [4.69, 9.17) is 5.73 Å². The number of nitrogens with one attached hydrogen (secondary N) is 2. The van der Waals surface area contributed by atoms with E-state index in [0.29, 0.717) is 18.4 Å². The van der Waals surface area contributed by atoms with Gasteiger partial charge in [0.1, 0.15) is 18.4 Å². The first-order chi connectivity index (χ1) is 13.4. The molecule has 150 valence electrons. The Kier molecular flexibility index (Phi) is 7.21. The summed E-state index contributed by atoms with van der Waals surface area (Å²) in [4.78, 5) is 61.5. The molecule has 10 heteroatoms. The van der Waals surface area contributed by atoms with E-state index in [0.717, 1.165) is 4.90 Å². The minimum absolute atomic E-state index is 0.0624. The maximum atomic E-state index is 12.2. The fourth-order valence-electron chi connectivity index (χ4n) is 2.67. The van der Waals surface area contributed by atoms with Crippen LogP contribution in [0, 0.1) is 0 Å². The lowest BCUT2D eigenvalue weighted by atomic mass is 10.1. The lowest BCUT2D eigenvalue weighted by molar-refractivity contribution is -0.153. The highest BCUT2D eigenvalue weighted by Crippen LogP contribution is 2.10. The number of nitrogens with zero attached hydrogens (tertiary/aromatic N) is 2. The summed E-state index contributed by atoms with van der Waals surface area (Å²) in [6, 6.07) is 5.81. The minimum atomic E-state index is -1.14. The summed E-state index contributed by atoms with van der Waals surface area (Å²) in [6.07, 6.45) is 0.579. The number of nitrogens with two attached hydrogens (primary N) is 1. The Morgan fingerprint density at radius 3 is 2.46 bits per heavy atom. The summed E-state index contributed by atoms with van der Waals surface area (Å²) in [7, 11) is 0. The molecule has 5 amide bonds. The average Bonchev–Trinajstić information content (AvgIpc) is 2.72. The summed E-state index contributed by atoms with van der Waals surface area (Å²) >= 11 is 0. The molecule has 0 spiro atoms. The quantitative estimate of drug-likeness (QED) is 0.394. The van der Waals surface area contributed by atoms with Crippen molar-refractivity contribution < 1.29 is 24.0 Å². The third kappa shape index (κ3) is 4.92. The van der Waals surface area contributed by atoms with Crippen LogP contribution in [0.25, 0.3) is 0 Å². The van der Waals surface area contributed by atoms with Crippen LogP contribution in [0.15, 0.2) is 30.3 Å². The highest BCUT2D eigenvalue weighted by Gasteiger charge is 2.35. The summed E-state index contributed by atoms with van der Waals surface area (Å²) in [5, 5.41) is 4.86. The van der Waals surface area contributed by atoms with Crippen molar-refractivity contribution >= 4 is 30.0 Å². The van der Waals surface area contributed by atoms with Gasteiger partial charge in [0, 0.05) is 26.2 Å². The van der Waals surface area contributed by atoms with E-state index in [1.54, 1.807) is 37.3 Å². The fraction of sp³-hybridized carbons (Fsp3) is 0.389. The molecule has 1 fully saturated rings. The molecule has 1 aliphatic rings. The number of carbonyl (C=O) groups excluding carboxylic acids is 5. The Bertz CT molecular complexity index is 754. The van der Waals surface area contributed by atoms with E-state index in [-0.39, 0.29) is 19.6 Å². The lowest BCUT2D eigenvalue weighted by Gasteiger charge is -2.31. The van der Waals surface area contributed by atoms with Gasteiger partial charge in [-0.05, 0) is 12.5 Å². The van der Waals surface area contributed by atoms with Gasteiger partial charge in [-0.2, -0.15) is 0 Å². The Balaban J connectivity index is 1.87. The monoisotopic (exact) mass is 389 g/mol. The van der Waals surface area contributed by atoms with Crippen LogP contribution in [-0.2, 0) is 19.2 Å². The molecule has 0 radical (unpaired) electrons. The van der Waals surface area contributed by atoms with Gasteiger partial charge in [0.25, 0.3) is 0 Å². The van der Waals surface area contributed by atoms with Gasteiger partial charge in [-0.15, -0.1) is 0 Å². The summed E-state index contributed by atoms with van der Waals surface area (Å²) in [5.41, 5.74) is 6.36. The van der Waals surface area contributed by atoms with E-state index in [1.807, 2.05) is 0 Å². The van der Waals surface area contributed by atoms with Gasteiger partial charge in [0.05, 0.1) is 0 Å². The number of carbonyl (C=O) groups is 5. The standard InChI is InChI=1S/C18H23N5O5/c1-2-22-8-9-23(17(27)16(22)26)18(28)20-10-13(19)15(25)21-14(11-24)12-6-4-3-5-7-12/h3-7,11,13-14H,2,8-10,19H2,1H3,(H,20,28)(H,21,25). The third-order valence-corrected chi connectivity index (χ3v) is 4.34. The number of urea groups is 1. The first kappa shape index (κ1) is 21.0. The Labute approximate surface area is 162 Å². The number of rotatable bonds is 7. The lowest BCUT2D eigenvalue weighted by Crippen LogP contribution is -2.59. The van der Waals surface area contributed by atoms with Gasteiger partial charge < -0.3 is 26.1 Å². The van der Waals surface area contributed by atoms with Gasteiger partial charge in [-0.1, -0.05) is 30.3 Å². The second kappa shape index (κ2) is 9.60. The number of likely N-dealkylation sites (N-methyl/N-ethyl adjacent to an activating group) is 1. The molecular weight excluding hydrogens is 366 g/mol. The summed E-state index contributed by atoms with van der Waals surface area (Å²) in [5.74, 6) is -2.31. The van der Waals surface area contributed by atoms with Crippen molar-refractivity contribution in [3.05, 3.63) is 35.9 Å². The van der Waals surface area contributed by atoms with Crippen LogP contribution in [0.1, 0.15) is 18.5 Å². The van der Waals surface area contributed by atoms with Crippen LogP contribution in [0.2, 0.25) is 0 Å². The number of imide groups is 1. The molecule has 1 aromatic rings. The second-order valence-electron chi connectivity index (χ2n) is 6.17. The van der Waals surface area contributed by atoms with Crippen LogP contribution in [-0.4, -0.2) is 72.1 Å². The number of aldehydes is 1. The Hall–Kier alpha value is -3.27. The van der Waals surface area contributed by atoms with Crippen molar-refractivity contribution in [3.63, 3.8) is 0 Å². The molecule has 2 atom stereocenters. The molecule has 0 bridgehead atoms. The first-order valence-corrected chi connectivity index (χ1v) is 8.83. The molecular formula is C18H23N5O5. The molecule has 0 aliphatic carbocycles. The van der Waals surface area contributed by atoms with Gasteiger partial charge in [0.2, 0.25) is 5.91 Å². The average molecular weight is 389 g/mol. The van der Waals surface area contributed by atoms with Crippen molar-refractivity contribution in [2.45, 2.75) is 19.0 Å². The molecule has 0 aromatic heterocycles. The number of hydrogen-bond donors (Lipinski definition) is 3. The van der Waals surface area contributed by atoms with E-state index in [9.17, 15) is 24.0 Å². The topological polar surface area (TPSA) is 142 Å². The van der Waals surface area contributed by atoms with Crippen molar-refractivity contribution in [3.8, 4) is 0 Å². The zero-order chi connectivity index (χ0) is 20.7. The fourth-order valence-corrected chi connectivity index (χ4v) is 2.67. The highest BCUT2D eigenvalue weighted by molar-refractivity contribution is 6.38. The van der Waals surface area contributed by atoms with Crippen LogP contribution < -0.4 is 16.4 Å². The molecule has 10 nitrogen and oxygen atoms in total. The number of piperazine rings is 1. The molecule has 1 aromatic carbocycles. The van der Waals surface area contributed by atoms with Crippen LogP contribution in [0.3, 0.4) is 0 Å². The summed E-state index contributed by atoms with van der Waals surface area (Å²) < 4.78 is 0. The van der Waals surface area contributed by atoms with Gasteiger partial charge in [-0.25, -0.2) is 4.79 Å². The largest absolute Gasteiger partial charge is 0.341 e. The predicted molar refractivity (Wildman–Crippen MR) is 98.7 cm³/mol. The Morgan fingerprint density at radius 1 is 1.18 bits per heavy atom. The summed E-state index contributed by atoms with van der Waals surface area (Å²) in [6.45, 7) is 2.16. The SMILES string of the molecule is CCN1CCN(C(=O)NCC(N)C(=O)NC(C=O)c2ccccc2)C(=O)C1=O. The number of benzene rings is 1. The number of amides is 5. The second-order valence-corrected chi connectivity index (χ2v) is 6.17. The van der Waals surface area contributed by atoms with Crippen LogP contribution in [0.4, 0.5) is 4.79 Å². The normalized spacial score (nSPS) is 16.4. The first-order valence-electron chi connectivity index (χ1n) is 8.83. The zero-order valence-corrected chi connectivity index (χ0v) is 15.5. The molecule has 1 aliphatic heterocycles. The molecule has 2 rings (SSSR count).